The molecule has 26 heavy (non-hydrogen) atoms. The summed E-state index contributed by atoms with van der Waals surface area (Å²) in [5.41, 5.74) is -0.0999. The number of nitrogens with one attached hydrogen (secondary N) is 1. The van der Waals surface area contributed by atoms with E-state index in [1.165, 1.54) is 6.07 Å². The average Bonchev–Trinajstić information content (AvgIpc) is 2.69. The molecule has 2 N–H and O–H groups in total. The van der Waals surface area contributed by atoms with Gasteiger partial charge in [-0.1, -0.05) is 53.5 Å². The summed E-state index contributed by atoms with van der Waals surface area (Å²) in [4.78, 5) is 12.6. The summed E-state index contributed by atoms with van der Waals surface area (Å²) in [6.07, 6.45) is 1.47. The van der Waals surface area contributed by atoms with Gasteiger partial charge in [0.15, 0.2) is 0 Å². The first-order chi connectivity index (χ1) is 12.5. The fourth-order valence-electron chi connectivity index (χ4n) is 3.37. The van der Waals surface area contributed by atoms with Crippen LogP contribution in [0.3, 0.4) is 0 Å². The van der Waals surface area contributed by atoms with Gasteiger partial charge in [-0.2, -0.15) is 0 Å². The second kappa shape index (κ2) is 8.40. The third-order valence-corrected chi connectivity index (χ3v) is 5.43. The van der Waals surface area contributed by atoms with Crippen LogP contribution in [0.25, 0.3) is 0 Å². The zero-order valence-corrected chi connectivity index (χ0v) is 15.8. The van der Waals surface area contributed by atoms with Crippen molar-refractivity contribution < 1.29 is 14.6 Å². The van der Waals surface area contributed by atoms with Crippen LogP contribution < -0.4 is 5.32 Å². The zero-order valence-electron chi connectivity index (χ0n) is 14.3. The summed E-state index contributed by atoms with van der Waals surface area (Å²) < 4.78 is 5.42. The van der Waals surface area contributed by atoms with E-state index in [2.05, 4.69) is 5.32 Å². The lowest BCUT2D eigenvalue weighted by molar-refractivity contribution is -0.0680. The molecule has 1 amide bonds. The Balaban J connectivity index is 1.82. The predicted octanol–water partition coefficient (Wildman–Crippen LogP) is 4.04. The third kappa shape index (κ3) is 4.21. The largest absolute Gasteiger partial charge is 0.383 e. The first-order valence-corrected chi connectivity index (χ1v) is 9.35. The highest BCUT2D eigenvalue weighted by molar-refractivity contribution is 6.35. The molecule has 0 aromatic heterocycles. The fraction of sp³-hybridized carbons (Fsp3) is 0.350. The molecule has 1 aliphatic rings. The molecule has 2 aromatic carbocycles. The fourth-order valence-corrected chi connectivity index (χ4v) is 3.74. The Morgan fingerprint density at radius 3 is 2.54 bits per heavy atom. The molecular formula is C20H21Cl2NO3. The SMILES string of the molecule is O=C(NC[C@@](O)(c1ccccc1)C1CCOCC1)c1cc(Cl)ccc1Cl. The van der Waals surface area contributed by atoms with Crippen LogP contribution in [-0.4, -0.2) is 30.8 Å². The molecule has 0 unspecified atom stereocenters. The number of carbonyl (C=O) groups excluding carboxylic acids is 1. The predicted molar refractivity (Wildman–Crippen MR) is 103 cm³/mol. The van der Waals surface area contributed by atoms with Gasteiger partial charge in [-0.05, 0) is 42.5 Å². The number of ether oxygens (including phenoxy) is 1. The van der Waals surface area contributed by atoms with E-state index in [-0.39, 0.29) is 18.4 Å². The van der Waals surface area contributed by atoms with Crippen LogP contribution in [0.2, 0.25) is 10.0 Å². The second-order valence-electron chi connectivity index (χ2n) is 6.48. The summed E-state index contributed by atoms with van der Waals surface area (Å²) in [6, 6.07) is 14.2. The first-order valence-electron chi connectivity index (χ1n) is 8.59. The van der Waals surface area contributed by atoms with E-state index in [4.69, 9.17) is 27.9 Å². The van der Waals surface area contributed by atoms with Crippen LogP contribution in [0.4, 0.5) is 0 Å². The highest BCUT2D eigenvalue weighted by Gasteiger charge is 2.39. The van der Waals surface area contributed by atoms with Crippen molar-refractivity contribution in [2.45, 2.75) is 18.4 Å². The van der Waals surface area contributed by atoms with Gasteiger partial charge in [-0.3, -0.25) is 4.79 Å². The molecule has 0 radical (unpaired) electrons. The van der Waals surface area contributed by atoms with Crippen molar-refractivity contribution in [1.29, 1.82) is 0 Å². The van der Waals surface area contributed by atoms with Gasteiger partial charge >= 0.3 is 0 Å². The smallest absolute Gasteiger partial charge is 0.252 e. The lowest BCUT2D eigenvalue weighted by Crippen LogP contribution is -2.47. The van der Waals surface area contributed by atoms with E-state index < -0.39 is 5.60 Å². The number of hydrogen-bond acceptors (Lipinski definition) is 3. The van der Waals surface area contributed by atoms with Crippen molar-refractivity contribution in [3.8, 4) is 0 Å². The van der Waals surface area contributed by atoms with Gasteiger partial charge in [0.25, 0.3) is 5.91 Å². The number of halogens is 2. The van der Waals surface area contributed by atoms with Gasteiger partial charge in [0.05, 0.1) is 17.1 Å². The summed E-state index contributed by atoms with van der Waals surface area (Å²) in [5, 5.41) is 15.1. The summed E-state index contributed by atoms with van der Waals surface area (Å²) in [5.74, 6) is -0.368. The van der Waals surface area contributed by atoms with Crippen molar-refractivity contribution in [3.05, 3.63) is 69.7 Å². The van der Waals surface area contributed by atoms with Gasteiger partial charge in [0, 0.05) is 18.2 Å². The van der Waals surface area contributed by atoms with Crippen molar-refractivity contribution in [1.82, 2.24) is 5.32 Å². The molecule has 1 heterocycles. The normalized spacial score (nSPS) is 17.5. The van der Waals surface area contributed by atoms with E-state index in [1.807, 2.05) is 30.3 Å². The van der Waals surface area contributed by atoms with Crippen LogP contribution in [0.5, 0.6) is 0 Å². The molecule has 2 aromatic rings. The maximum atomic E-state index is 12.6. The summed E-state index contributed by atoms with van der Waals surface area (Å²) in [7, 11) is 0. The lowest BCUT2D eigenvalue weighted by Gasteiger charge is -2.39. The van der Waals surface area contributed by atoms with Gasteiger partial charge < -0.3 is 15.2 Å². The van der Waals surface area contributed by atoms with Crippen LogP contribution in [-0.2, 0) is 10.3 Å². The molecule has 0 bridgehead atoms. The lowest BCUT2D eigenvalue weighted by atomic mass is 9.77. The average molecular weight is 394 g/mol. The zero-order chi connectivity index (χ0) is 18.6. The Morgan fingerprint density at radius 1 is 1.15 bits per heavy atom. The molecule has 6 heteroatoms. The van der Waals surface area contributed by atoms with Gasteiger partial charge in [0.1, 0.15) is 5.60 Å². The monoisotopic (exact) mass is 393 g/mol. The molecule has 0 spiro atoms. The van der Waals surface area contributed by atoms with Crippen LogP contribution >= 0.6 is 23.2 Å². The highest BCUT2D eigenvalue weighted by atomic mass is 35.5. The molecular weight excluding hydrogens is 373 g/mol. The number of amides is 1. The number of carbonyl (C=O) groups is 1. The number of benzene rings is 2. The van der Waals surface area contributed by atoms with Gasteiger partial charge in [-0.25, -0.2) is 0 Å². The van der Waals surface area contributed by atoms with E-state index >= 15 is 0 Å². The van der Waals surface area contributed by atoms with Crippen molar-refractivity contribution in [3.63, 3.8) is 0 Å². The van der Waals surface area contributed by atoms with Crippen molar-refractivity contribution >= 4 is 29.1 Å². The van der Waals surface area contributed by atoms with Gasteiger partial charge in [-0.15, -0.1) is 0 Å². The Kier molecular flexibility index (Phi) is 6.20. The standard InChI is InChI=1S/C20H21Cl2NO3/c21-16-6-7-18(22)17(12-16)19(24)23-13-20(25,14-4-2-1-3-5-14)15-8-10-26-11-9-15/h1-7,12,15,25H,8-11,13H2,(H,23,24)/t20-/m1/s1. The minimum Gasteiger partial charge on any atom is -0.383 e. The van der Waals surface area contributed by atoms with Crippen molar-refractivity contribution in [2.24, 2.45) is 5.92 Å². The Hall–Kier alpha value is -1.59. The Morgan fingerprint density at radius 2 is 1.85 bits per heavy atom. The second-order valence-corrected chi connectivity index (χ2v) is 7.33. The molecule has 1 aliphatic heterocycles. The van der Waals surface area contributed by atoms with Crippen molar-refractivity contribution in [2.75, 3.05) is 19.8 Å². The molecule has 1 atom stereocenters. The maximum absolute atomic E-state index is 12.6. The van der Waals surface area contributed by atoms with Crippen LogP contribution in [0.1, 0.15) is 28.8 Å². The summed E-state index contributed by atoms with van der Waals surface area (Å²) in [6.45, 7) is 1.30. The Labute approximate surface area is 163 Å². The number of hydrogen-bond donors (Lipinski definition) is 2. The molecule has 0 saturated carbocycles. The van der Waals surface area contributed by atoms with E-state index in [0.29, 0.717) is 28.8 Å². The topological polar surface area (TPSA) is 58.6 Å². The molecule has 4 nitrogen and oxygen atoms in total. The van der Waals surface area contributed by atoms with Gasteiger partial charge in [0.2, 0.25) is 0 Å². The van der Waals surface area contributed by atoms with E-state index in [0.717, 1.165) is 18.4 Å². The minimum atomic E-state index is -1.17. The Bertz CT molecular complexity index is 763. The van der Waals surface area contributed by atoms with E-state index in [1.54, 1.807) is 12.1 Å². The van der Waals surface area contributed by atoms with E-state index in [9.17, 15) is 9.90 Å². The molecule has 3 rings (SSSR count). The molecule has 0 aliphatic carbocycles. The number of rotatable bonds is 5. The summed E-state index contributed by atoms with van der Waals surface area (Å²) >= 11 is 12.1. The molecule has 1 saturated heterocycles. The highest BCUT2D eigenvalue weighted by Crippen LogP contribution is 2.36. The van der Waals surface area contributed by atoms with Crippen LogP contribution in [0, 0.1) is 5.92 Å². The minimum absolute atomic E-state index is 0.00576. The number of aliphatic hydroxyl groups is 1. The first kappa shape index (κ1) is 19.2. The maximum Gasteiger partial charge on any atom is 0.252 e. The molecule has 1 fully saturated rings. The van der Waals surface area contributed by atoms with Crippen LogP contribution in [0.15, 0.2) is 48.5 Å². The third-order valence-electron chi connectivity index (χ3n) is 4.86. The quantitative estimate of drug-likeness (QED) is 0.805. The molecule has 138 valence electrons.